The zero-order chi connectivity index (χ0) is 12.4. The van der Waals surface area contributed by atoms with E-state index in [9.17, 15) is 4.79 Å². The third-order valence-electron chi connectivity index (χ3n) is 2.74. The first kappa shape index (κ1) is 12.3. The average Bonchev–Trinajstić information content (AvgIpc) is 2.32. The van der Waals surface area contributed by atoms with Gasteiger partial charge >= 0.3 is 0 Å². The number of rotatable bonds is 2. The van der Waals surface area contributed by atoms with Crippen LogP contribution in [0.1, 0.15) is 27.0 Å². The van der Waals surface area contributed by atoms with Crippen LogP contribution in [0, 0.1) is 17.4 Å². The van der Waals surface area contributed by atoms with Gasteiger partial charge in [0.25, 0.3) is 0 Å². The van der Waals surface area contributed by atoms with Gasteiger partial charge in [-0.3, -0.25) is 4.79 Å². The van der Waals surface area contributed by atoms with E-state index in [1.807, 2.05) is 56.3 Å². The number of benzene rings is 2. The van der Waals surface area contributed by atoms with E-state index in [2.05, 4.69) is 22.6 Å². The van der Waals surface area contributed by atoms with Gasteiger partial charge in [0, 0.05) is 14.7 Å². The summed E-state index contributed by atoms with van der Waals surface area (Å²) in [7, 11) is 0. The number of carbonyl (C=O) groups is 1. The van der Waals surface area contributed by atoms with Crippen molar-refractivity contribution in [2.45, 2.75) is 13.8 Å². The normalized spacial score (nSPS) is 10.3. The lowest BCUT2D eigenvalue weighted by Crippen LogP contribution is -2.04. The molecular formula is C15H13IO. The van der Waals surface area contributed by atoms with Gasteiger partial charge < -0.3 is 0 Å². The molecule has 17 heavy (non-hydrogen) atoms. The quantitative estimate of drug-likeness (QED) is 0.595. The van der Waals surface area contributed by atoms with Crippen molar-refractivity contribution in [3.63, 3.8) is 0 Å². The first-order valence-corrected chi connectivity index (χ1v) is 6.53. The lowest BCUT2D eigenvalue weighted by molar-refractivity contribution is 0.103. The molecule has 0 saturated heterocycles. The first-order chi connectivity index (χ1) is 8.08. The van der Waals surface area contributed by atoms with E-state index in [-0.39, 0.29) is 5.78 Å². The van der Waals surface area contributed by atoms with Crippen LogP contribution in [0.25, 0.3) is 0 Å². The van der Waals surface area contributed by atoms with E-state index in [1.54, 1.807) is 0 Å². The van der Waals surface area contributed by atoms with Gasteiger partial charge in [-0.15, -0.1) is 0 Å². The van der Waals surface area contributed by atoms with Gasteiger partial charge in [0.2, 0.25) is 0 Å². The highest BCUT2D eigenvalue weighted by molar-refractivity contribution is 14.1. The molecule has 0 spiro atoms. The fourth-order valence-electron chi connectivity index (χ4n) is 1.74. The molecule has 86 valence electrons. The molecule has 2 aromatic rings. The Morgan fingerprint density at radius 1 is 1.00 bits per heavy atom. The van der Waals surface area contributed by atoms with E-state index < -0.39 is 0 Å². The van der Waals surface area contributed by atoms with Crippen molar-refractivity contribution in [2.24, 2.45) is 0 Å². The van der Waals surface area contributed by atoms with E-state index in [1.165, 1.54) is 0 Å². The third kappa shape index (κ3) is 2.75. The van der Waals surface area contributed by atoms with Crippen molar-refractivity contribution < 1.29 is 4.79 Å². The minimum Gasteiger partial charge on any atom is -0.289 e. The van der Waals surface area contributed by atoms with Crippen LogP contribution in [0.15, 0.2) is 42.5 Å². The van der Waals surface area contributed by atoms with Crippen LogP contribution >= 0.6 is 22.6 Å². The van der Waals surface area contributed by atoms with E-state index in [0.29, 0.717) is 0 Å². The van der Waals surface area contributed by atoms with Gasteiger partial charge in [-0.1, -0.05) is 17.7 Å². The minimum atomic E-state index is 0.0996. The van der Waals surface area contributed by atoms with Crippen LogP contribution < -0.4 is 0 Å². The zero-order valence-corrected chi connectivity index (χ0v) is 12.0. The molecule has 2 heteroatoms. The Bertz CT molecular complexity index is 556. The number of aryl methyl sites for hydroxylation is 2. The SMILES string of the molecule is Cc1ccc(C)c(C(=O)c2ccc(I)cc2)c1. The topological polar surface area (TPSA) is 17.1 Å². The Hall–Kier alpha value is -1.16. The number of hydrogen-bond donors (Lipinski definition) is 0. The van der Waals surface area contributed by atoms with Gasteiger partial charge in [-0.05, 0) is 72.3 Å². The summed E-state index contributed by atoms with van der Waals surface area (Å²) in [4.78, 5) is 12.3. The predicted molar refractivity (Wildman–Crippen MR) is 78.5 cm³/mol. The summed E-state index contributed by atoms with van der Waals surface area (Å²) in [5, 5.41) is 0. The minimum absolute atomic E-state index is 0.0996. The fourth-order valence-corrected chi connectivity index (χ4v) is 2.10. The molecule has 0 aliphatic heterocycles. The third-order valence-corrected chi connectivity index (χ3v) is 3.46. The summed E-state index contributed by atoms with van der Waals surface area (Å²) < 4.78 is 1.14. The second kappa shape index (κ2) is 5.00. The van der Waals surface area contributed by atoms with Crippen molar-refractivity contribution >= 4 is 28.4 Å². The maximum absolute atomic E-state index is 12.3. The summed E-state index contributed by atoms with van der Waals surface area (Å²) in [6, 6.07) is 13.7. The average molecular weight is 336 g/mol. The number of carbonyl (C=O) groups excluding carboxylic acids is 1. The molecule has 0 aliphatic rings. The second-order valence-corrected chi connectivity index (χ2v) is 5.40. The summed E-state index contributed by atoms with van der Waals surface area (Å²) >= 11 is 2.24. The molecule has 0 atom stereocenters. The van der Waals surface area contributed by atoms with Gasteiger partial charge in [-0.2, -0.15) is 0 Å². The van der Waals surface area contributed by atoms with E-state index in [4.69, 9.17) is 0 Å². The number of halogens is 1. The van der Waals surface area contributed by atoms with Crippen LogP contribution in [-0.4, -0.2) is 5.78 Å². The molecule has 0 heterocycles. The predicted octanol–water partition coefficient (Wildman–Crippen LogP) is 4.14. The number of ketones is 1. The van der Waals surface area contributed by atoms with Crippen molar-refractivity contribution in [1.29, 1.82) is 0 Å². The van der Waals surface area contributed by atoms with Gasteiger partial charge in [0.05, 0.1) is 0 Å². The Balaban J connectivity index is 2.43. The molecule has 0 bridgehead atoms. The smallest absolute Gasteiger partial charge is 0.193 e. The monoisotopic (exact) mass is 336 g/mol. The number of hydrogen-bond acceptors (Lipinski definition) is 1. The molecule has 0 saturated carbocycles. The summed E-state index contributed by atoms with van der Waals surface area (Å²) in [6.45, 7) is 3.98. The van der Waals surface area contributed by atoms with Crippen molar-refractivity contribution in [3.05, 3.63) is 68.3 Å². The highest BCUT2D eigenvalue weighted by atomic mass is 127. The van der Waals surface area contributed by atoms with Crippen LogP contribution in [0.5, 0.6) is 0 Å². The zero-order valence-electron chi connectivity index (χ0n) is 9.83. The standard InChI is InChI=1S/C15H13IO/c1-10-3-4-11(2)14(9-10)15(17)12-5-7-13(16)8-6-12/h3-9H,1-2H3. The molecule has 1 nitrogen and oxygen atoms in total. The van der Waals surface area contributed by atoms with E-state index in [0.717, 1.165) is 25.8 Å². The molecule has 2 rings (SSSR count). The largest absolute Gasteiger partial charge is 0.289 e. The summed E-state index contributed by atoms with van der Waals surface area (Å²) in [5.41, 5.74) is 3.69. The van der Waals surface area contributed by atoms with Crippen LogP contribution in [0.4, 0.5) is 0 Å². The first-order valence-electron chi connectivity index (χ1n) is 5.45. The maximum Gasteiger partial charge on any atom is 0.193 e. The fraction of sp³-hybridized carbons (Fsp3) is 0.133. The molecule has 0 amide bonds. The summed E-state index contributed by atoms with van der Waals surface area (Å²) in [5.74, 6) is 0.0996. The highest BCUT2D eigenvalue weighted by Crippen LogP contribution is 2.16. The van der Waals surface area contributed by atoms with Crippen LogP contribution in [0.2, 0.25) is 0 Å². The Morgan fingerprint density at radius 3 is 2.29 bits per heavy atom. The lowest BCUT2D eigenvalue weighted by Gasteiger charge is -2.06. The van der Waals surface area contributed by atoms with Crippen molar-refractivity contribution in [3.8, 4) is 0 Å². The molecule has 2 aromatic carbocycles. The van der Waals surface area contributed by atoms with E-state index >= 15 is 0 Å². The molecule has 0 fully saturated rings. The Kier molecular flexibility index (Phi) is 3.62. The van der Waals surface area contributed by atoms with Gasteiger partial charge in [0.15, 0.2) is 5.78 Å². The van der Waals surface area contributed by atoms with Crippen LogP contribution in [0.3, 0.4) is 0 Å². The van der Waals surface area contributed by atoms with Crippen LogP contribution in [-0.2, 0) is 0 Å². The second-order valence-electron chi connectivity index (χ2n) is 4.15. The molecule has 0 aromatic heterocycles. The molecule has 0 radical (unpaired) electrons. The molecule has 0 unspecified atom stereocenters. The Labute approximate surface area is 115 Å². The molecular weight excluding hydrogens is 323 g/mol. The van der Waals surface area contributed by atoms with Crippen molar-refractivity contribution in [1.82, 2.24) is 0 Å². The highest BCUT2D eigenvalue weighted by Gasteiger charge is 2.11. The maximum atomic E-state index is 12.3. The van der Waals surface area contributed by atoms with Gasteiger partial charge in [0.1, 0.15) is 0 Å². The molecule has 0 aliphatic carbocycles. The van der Waals surface area contributed by atoms with Crippen molar-refractivity contribution in [2.75, 3.05) is 0 Å². The van der Waals surface area contributed by atoms with Gasteiger partial charge in [-0.25, -0.2) is 0 Å². The lowest BCUT2D eigenvalue weighted by atomic mass is 9.97. The summed E-state index contributed by atoms with van der Waals surface area (Å²) in [6.07, 6.45) is 0. The Morgan fingerprint density at radius 2 is 1.65 bits per heavy atom. The molecule has 0 N–H and O–H groups in total.